The minimum absolute atomic E-state index is 0.281. The van der Waals surface area contributed by atoms with Crippen LogP contribution in [0.5, 0.6) is 0 Å². The Bertz CT molecular complexity index is 350. The molecule has 0 amide bonds. The van der Waals surface area contributed by atoms with Crippen LogP contribution in [-0.2, 0) is 0 Å². The van der Waals surface area contributed by atoms with E-state index in [1.807, 2.05) is 19.1 Å². The molecule has 2 N–H and O–H groups in total. The van der Waals surface area contributed by atoms with Crippen LogP contribution < -0.4 is 4.90 Å². The van der Waals surface area contributed by atoms with E-state index >= 15 is 0 Å². The summed E-state index contributed by atoms with van der Waals surface area (Å²) in [6.45, 7) is 4.21. The summed E-state index contributed by atoms with van der Waals surface area (Å²) in [5.74, 6) is 0.413. The molecule has 3 heteroatoms. The van der Waals surface area contributed by atoms with Gasteiger partial charge >= 0.3 is 0 Å². The molecule has 0 aliphatic carbocycles. The van der Waals surface area contributed by atoms with Gasteiger partial charge in [-0.15, -0.1) is 0 Å². The lowest BCUT2D eigenvalue weighted by Crippen LogP contribution is -2.20. The second-order valence-electron chi connectivity index (χ2n) is 4.80. The van der Waals surface area contributed by atoms with E-state index in [0.29, 0.717) is 5.92 Å². The van der Waals surface area contributed by atoms with Gasteiger partial charge in [0, 0.05) is 31.3 Å². The van der Waals surface area contributed by atoms with E-state index in [1.54, 1.807) is 0 Å². The third-order valence-corrected chi connectivity index (χ3v) is 3.57. The molecule has 1 fully saturated rings. The summed E-state index contributed by atoms with van der Waals surface area (Å²) in [4.78, 5) is 2.29. The predicted molar refractivity (Wildman–Crippen MR) is 69.1 cm³/mol. The van der Waals surface area contributed by atoms with E-state index in [9.17, 15) is 5.11 Å². The molecule has 1 aliphatic rings. The number of anilines is 1. The highest BCUT2D eigenvalue weighted by Gasteiger charge is 2.21. The molecule has 1 aliphatic heterocycles. The Morgan fingerprint density at radius 2 is 2.06 bits per heavy atom. The van der Waals surface area contributed by atoms with Crippen molar-refractivity contribution in [2.45, 2.75) is 25.9 Å². The number of benzene rings is 1. The number of aliphatic hydroxyl groups excluding tert-OH is 2. The van der Waals surface area contributed by atoms with E-state index in [2.05, 4.69) is 17.0 Å². The lowest BCUT2D eigenvalue weighted by atomic mass is 10.1. The standard InChI is InChI=1S/C14H21NO2/c1-2-14(17)12-3-5-13(6-4-12)15-8-7-11(9-15)10-16/h3-6,11,14,16-17H,2,7-10H2,1H3. The molecule has 1 heterocycles. The average molecular weight is 235 g/mol. The molecular formula is C14H21NO2. The van der Waals surface area contributed by atoms with E-state index in [1.165, 1.54) is 5.69 Å². The zero-order chi connectivity index (χ0) is 12.3. The van der Waals surface area contributed by atoms with Crippen molar-refractivity contribution < 1.29 is 10.2 Å². The van der Waals surface area contributed by atoms with Crippen molar-refractivity contribution in [3.05, 3.63) is 29.8 Å². The Labute approximate surface area is 103 Å². The Kier molecular flexibility index (Phi) is 4.02. The van der Waals surface area contributed by atoms with Crippen molar-refractivity contribution in [1.29, 1.82) is 0 Å². The Hall–Kier alpha value is -1.06. The van der Waals surface area contributed by atoms with Gasteiger partial charge in [-0.3, -0.25) is 0 Å². The van der Waals surface area contributed by atoms with Crippen LogP contribution in [0.25, 0.3) is 0 Å². The third kappa shape index (κ3) is 2.79. The molecule has 0 bridgehead atoms. The van der Waals surface area contributed by atoms with Crippen LogP contribution >= 0.6 is 0 Å². The first-order chi connectivity index (χ1) is 8.24. The first-order valence-electron chi connectivity index (χ1n) is 6.38. The molecule has 2 atom stereocenters. The fraction of sp³-hybridized carbons (Fsp3) is 0.571. The van der Waals surface area contributed by atoms with Crippen molar-refractivity contribution in [1.82, 2.24) is 0 Å². The SMILES string of the molecule is CCC(O)c1ccc(N2CCC(CO)C2)cc1. The normalized spacial score (nSPS) is 21.8. The fourth-order valence-corrected chi connectivity index (χ4v) is 2.36. The summed E-state index contributed by atoms with van der Waals surface area (Å²) in [5.41, 5.74) is 2.17. The van der Waals surface area contributed by atoms with Crippen LogP contribution in [0, 0.1) is 5.92 Å². The molecule has 1 aromatic carbocycles. The van der Waals surface area contributed by atoms with Gasteiger partial charge in [0.15, 0.2) is 0 Å². The van der Waals surface area contributed by atoms with Crippen LogP contribution in [-0.4, -0.2) is 29.9 Å². The number of aliphatic hydroxyl groups is 2. The van der Waals surface area contributed by atoms with Crippen LogP contribution in [0.3, 0.4) is 0 Å². The Morgan fingerprint density at radius 1 is 1.35 bits per heavy atom. The average Bonchev–Trinajstić information content (AvgIpc) is 2.87. The van der Waals surface area contributed by atoms with Gasteiger partial charge in [0.05, 0.1) is 6.10 Å². The maximum Gasteiger partial charge on any atom is 0.0787 e. The van der Waals surface area contributed by atoms with Crippen molar-refractivity contribution in [2.75, 3.05) is 24.6 Å². The molecule has 0 spiro atoms. The van der Waals surface area contributed by atoms with Gasteiger partial charge in [0.1, 0.15) is 0 Å². The first-order valence-corrected chi connectivity index (χ1v) is 6.38. The smallest absolute Gasteiger partial charge is 0.0787 e. The molecule has 1 aromatic rings. The minimum Gasteiger partial charge on any atom is -0.396 e. The van der Waals surface area contributed by atoms with Gasteiger partial charge in [0.25, 0.3) is 0 Å². The summed E-state index contributed by atoms with van der Waals surface area (Å²) >= 11 is 0. The van der Waals surface area contributed by atoms with E-state index in [-0.39, 0.29) is 12.7 Å². The molecule has 3 nitrogen and oxygen atoms in total. The molecule has 94 valence electrons. The highest BCUT2D eigenvalue weighted by atomic mass is 16.3. The van der Waals surface area contributed by atoms with E-state index < -0.39 is 0 Å². The zero-order valence-corrected chi connectivity index (χ0v) is 10.3. The van der Waals surface area contributed by atoms with Crippen molar-refractivity contribution in [3.8, 4) is 0 Å². The molecule has 2 rings (SSSR count). The van der Waals surface area contributed by atoms with Gasteiger partial charge in [-0.1, -0.05) is 19.1 Å². The second kappa shape index (κ2) is 5.52. The number of hydrogen-bond donors (Lipinski definition) is 2. The van der Waals surface area contributed by atoms with Crippen LogP contribution in [0.1, 0.15) is 31.4 Å². The Balaban J connectivity index is 2.03. The summed E-state index contributed by atoms with van der Waals surface area (Å²) in [6.07, 6.45) is 1.46. The number of rotatable bonds is 4. The van der Waals surface area contributed by atoms with E-state index in [0.717, 1.165) is 31.5 Å². The highest BCUT2D eigenvalue weighted by molar-refractivity contribution is 5.48. The highest BCUT2D eigenvalue weighted by Crippen LogP contribution is 2.25. The maximum atomic E-state index is 9.72. The first kappa shape index (κ1) is 12.4. The molecule has 17 heavy (non-hydrogen) atoms. The van der Waals surface area contributed by atoms with Crippen molar-refractivity contribution >= 4 is 5.69 Å². The lowest BCUT2D eigenvalue weighted by Gasteiger charge is -2.19. The molecule has 2 unspecified atom stereocenters. The van der Waals surface area contributed by atoms with E-state index in [4.69, 9.17) is 5.11 Å². The second-order valence-corrected chi connectivity index (χ2v) is 4.80. The monoisotopic (exact) mass is 235 g/mol. The molecule has 1 saturated heterocycles. The van der Waals surface area contributed by atoms with Gasteiger partial charge in [-0.2, -0.15) is 0 Å². The largest absolute Gasteiger partial charge is 0.396 e. The summed E-state index contributed by atoms with van der Waals surface area (Å²) in [6, 6.07) is 8.12. The molecule has 0 radical (unpaired) electrons. The van der Waals surface area contributed by atoms with Gasteiger partial charge in [-0.05, 0) is 30.5 Å². The predicted octanol–water partition coefficient (Wildman–Crippen LogP) is 1.95. The van der Waals surface area contributed by atoms with Gasteiger partial charge in [-0.25, -0.2) is 0 Å². The van der Waals surface area contributed by atoms with Gasteiger partial charge in [0.2, 0.25) is 0 Å². The van der Waals surface area contributed by atoms with Crippen molar-refractivity contribution in [3.63, 3.8) is 0 Å². The van der Waals surface area contributed by atoms with Crippen LogP contribution in [0.2, 0.25) is 0 Å². The van der Waals surface area contributed by atoms with Crippen LogP contribution in [0.4, 0.5) is 5.69 Å². The summed E-state index contributed by atoms with van der Waals surface area (Å²) < 4.78 is 0. The number of nitrogens with zero attached hydrogens (tertiary/aromatic N) is 1. The van der Waals surface area contributed by atoms with Gasteiger partial charge < -0.3 is 15.1 Å². The lowest BCUT2D eigenvalue weighted by molar-refractivity contribution is 0.173. The fourth-order valence-electron chi connectivity index (χ4n) is 2.36. The van der Waals surface area contributed by atoms with Crippen LogP contribution in [0.15, 0.2) is 24.3 Å². The van der Waals surface area contributed by atoms with Crippen molar-refractivity contribution in [2.24, 2.45) is 5.92 Å². The topological polar surface area (TPSA) is 43.7 Å². The summed E-state index contributed by atoms with van der Waals surface area (Å²) in [5, 5.41) is 18.8. The zero-order valence-electron chi connectivity index (χ0n) is 10.3. The Morgan fingerprint density at radius 3 is 2.59 bits per heavy atom. The number of hydrogen-bond acceptors (Lipinski definition) is 3. The third-order valence-electron chi connectivity index (χ3n) is 3.57. The molecular weight excluding hydrogens is 214 g/mol. The maximum absolute atomic E-state index is 9.72. The molecule has 0 saturated carbocycles. The summed E-state index contributed by atoms with van der Waals surface area (Å²) in [7, 11) is 0. The quantitative estimate of drug-likeness (QED) is 0.838. The molecule has 0 aromatic heterocycles. The minimum atomic E-state index is -0.354.